The van der Waals surface area contributed by atoms with E-state index >= 15 is 0 Å². The number of benzene rings is 2. The highest BCUT2D eigenvalue weighted by Gasteiger charge is 2.13. The van der Waals surface area contributed by atoms with E-state index in [4.69, 9.17) is 9.47 Å². The van der Waals surface area contributed by atoms with Gasteiger partial charge in [-0.15, -0.1) is 0 Å². The molecular weight excluding hydrogens is 392 g/mol. The number of hydrogen-bond acceptors (Lipinski definition) is 6. The smallest absolute Gasteiger partial charge is 0.339 e. The Morgan fingerprint density at radius 1 is 0.700 bits per heavy atom. The predicted octanol–water partition coefficient (Wildman–Crippen LogP) is 3.73. The number of unbranched alkanes of at least 4 members (excludes halogenated alkanes) is 3. The Hall–Kier alpha value is -3.68. The van der Waals surface area contributed by atoms with Crippen LogP contribution in [0.1, 0.15) is 67.1 Å². The van der Waals surface area contributed by atoms with Crippen LogP contribution in [0.2, 0.25) is 0 Å². The molecule has 8 nitrogen and oxygen atoms in total. The van der Waals surface area contributed by atoms with Gasteiger partial charge in [0.15, 0.2) is 0 Å². The zero-order valence-electron chi connectivity index (χ0n) is 16.2. The van der Waals surface area contributed by atoms with Crippen molar-refractivity contribution in [3.8, 4) is 11.5 Å². The molecule has 0 fully saturated rings. The summed E-state index contributed by atoms with van der Waals surface area (Å²) in [6.45, 7) is 0.662. The number of carbonyl (C=O) groups is 4. The highest BCUT2D eigenvalue weighted by Crippen LogP contribution is 2.21. The zero-order valence-corrected chi connectivity index (χ0v) is 16.2. The van der Waals surface area contributed by atoms with Crippen LogP contribution < -0.4 is 9.47 Å². The van der Waals surface area contributed by atoms with Crippen LogP contribution in [-0.4, -0.2) is 47.9 Å². The minimum Gasteiger partial charge on any atom is -0.493 e. The number of carboxylic acid groups (broad SMARTS) is 2. The van der Waals surface area contributed by atoms with Crippen molar-refractivity contribution in [1.29, 1.82) is 0 Å². The minimum atomic E-state index is -1.16. The summed E-state index contributed by atoms with van der Waals surface area (Å²) in [6, 6.07) is 8.48. The molecule has 2 N–H and O–H groups in total. The van der Waals surface area contributed by atoms with Gasteiger partial charge in [0, 0.05) is 11.1 Å². The molecule has 0 bridgehead atoms. The second-order valence-corrected chi connectivity index (χ2v) is 6.47. The van der Waals surface area contributed by atoms with Crippen LogP contribution in [0.4, 0.5) is 0 Å². The summed E-state index contributed by atoms with van der Waals surface area (Å²) in [7, 11) is 0. The third-order valence-corrected chi connectivity index (χ3v) is 4.29. The summed E-state index contributed by atoms with van der Waals surface area (Å²) in [4.78, 5) is 44.0. The van der Waals surface area contributed by atoms with Gasteiger partial charge in [0.1, 0.15) is 35.2 Å². The Bertz CT molecular complexity index is 844. The molecule has 158 valence electrons. The van der Waals surface area contributed by atoms with Crippen molar-refractivity contribution in [2.75, 3.05) is 13.2 Å². The number of carboxylic acids is 2. The minimum absolute atomic E-state index is 0.0529. The summed E-state index contributed by atoms with van der Waals surface area (Å²) < 4.78 is 11.0. The molecular formula is C22H22O8. The Kier molecular flexibility index (Phi) is 8.56. The van der Waals surface area contributed by atoms with Crippen LogP contribution in [0, 0.1) is 0 Å². The van der Waals surface area contributed by atoms with Crippen molar-refractivity contribution < 1.29 is 38.9 Å². The first-order valence-electron chi connectivity index (χ1n) is 9.37. The van der Waals surface area contributed by atoms with Gasteiger partial charge in [-0.05, 0) is 62.1 Å². The Morgan fingerprint density at radius 3 is 1.43 bits per heavy atom. The van der Waals surface area contributed by atoms with Crippen molar-refractivity contribution in [3.63, 3.8) is 0 Å². The lowest BCUT2D eigenvalue weighted by Gasteiger charge is -2.11. The lowest BCUT2D eigenvalue weighted by atomic mass is 10.1. The Balaban J connectivity index is 1.71. The van der Waals surface area contributed by atoms with Crippen molar-refractivity contribution >= 4 is 24.5 Å². The van der Waals surface area contributed by atoms with E-state index in [0.717, 1.165) is 12.8 Å². The maximum Gasteiger partial charge on any atom is 0.339 e. The molecule has 0 radical (unpaired) electrons. The van der Waals surface area contributed by atoms with E-state index in [0.29, 0.717) is 38.6 Å². The average molecular weight is 414 g/mol. The molecule has 0 unspecified atom stereocenters. The second-order valence-electron chi connectivity index (χ2n) is 6.47. The van der Waals surface area contributed by atoms with Crippen LogP contribution in [0.15, 0.2) is 36.4 Å². The van der Waals surface area contributed by atoms with Gasteiger partial charge < -0.3 is 19.7 Å². The summed E-state index contributed by atoms with van der Waals surface area (Å²) in [6.07, 6.45) is 4.18. The molecule has 0 aromatic heterocycles. The molecule has 0 aliphatic carbocycles. The average Bonchev–Trinajstić information content (AvgIpc) is 2.75. The van der Waals surface area contributed by atoms with Gasteiger partial charge in [-0.3, -0.25) is 9.59 Å². The van der Waals surface area contributed by atoms with Gasteiger partial charge >= 0.3 is 11.9 Å². The molecule has 30 heavy (non-hydrogen) atoms. The van der Waals surface area contributed by atoms with E-state index in [1.54, 1.807) is 0 Å². The first kappa shape index (κ1) is 22.6. The fourth-order valence-corrected chi connectivity index (χ4v) is 2.75. The molecule has 0 aliphatic heterocycles. The van der Waals surface area contributed by atoms with Gasteiger partial charge in [0.05, 0.1) is 13.2 Å². The van der Waals surface area contributed by atoms with Crippen molar-refractivity contribution in [3.05, 3.63) is 58.7 Å². The van der Waals surface area contributed by atoms with E-state index < -0.39 is 11.9 Å². The molecule has 0 aliphatic rings. The van der Waals surface area contributed by atoms with E-state index in [9.17, 15) is 29.4 Å². The third-order valence-electron chi connectivity index (χ3n) is 4.29. The molecule has 0 atom stereocenters. The highest BCUT2D eigenvalue weighted by atomic mass is 16.5. The number of hydrogen-bond donors (Lipinski definition) is 2. The molecule has 0 saturated heterocycles. The molecule has 0 spiro atoms. The third kappa shape index (κ3) is 6.44. The highest BCUT2D eigenvalue weighted by molar-refractivity contribution is 5.93. The topological polar surface area (TPSA) is 127 Å². The van der Waals surface area contributed by atoms with Crippen LogP contribution in [0.25, 0.3) is 0 Å². The number of aromatic carboxylic acids is 2. The van der Waals surface area contributed by atoms with Gasteiger partial charge in [-0.25, -0.2) is 9.59 Å². The predicted molar refractivity (Wildman–Crippen MR) is 107 cm³/mol. The van der Waals surface area contributed by atoms with Crippen LogP contribution in [0.3, 0.4) is 0 Å². The van der Waals surface area contributed by atoms with Crippen molar-refractivity contribution in [2.45, 2.75) is 25.7 Å². The Morgan fingerprint density at radius 2 is 1.10 bits per heavy atom. The van der Waals surface area contributed by atoms with Crippen LogP contribution >= 0.6 is 0 Å². The van der Waals surface area contributed by atoms with Gasteiger partial charge in [0.25, 0.3) is 0 Å². The fourth-order valence-electron chi connectivity index (χ4n) is 2.75. The monoisotopic (exact) mass is 414 g/mol. The number of aldehydes is 2. The van der Waals surface area contributed by atoms with E-state index in [1.165, 1.54) is 36.4 Å². The largest absolute Gasteiger partial charge is 0.493 e. The van der Waals surface area contributed by atoms with E-state index in [-0.39, 0.29) is 33.8 Å². The first-order chi connectivity index (χ1) is 14.5. The van der Waals surface area contributed by atoms with Crippen LogP contribution in [-0.2, 0) is 0 Å². The summed E-state index contributed by atoms with van der Waals surface area (Å²) in [5, 5.41) is 18.4. The molecule has 2 aromatic rings. The van der Waals surface area contributed by atoms with Gasteiger partial charge in [-0.2, -0.15) is 0 Å². The Labute approximate surface area is 173 Å². The number of carbonyl (C=O) groups excluding carboxylic acids is 2. The normalized spacial score (nSPS) is 10.3. The van der Waals surface area contributed by atoms with Crippen molar-refractivity contribution in [2.24, 2.45) is 0 Å². The summed E-state index contributed by atoms with van der Waals surface area (Å²) in [5.74, 6) is -1.88. The maximum absolute atomic E-state index is 11.3. The summed E-state index contributed by atoms with van der Waals surface area (Å²) in [5.41, 5.74) is 0.434. The van der Waals surface area contributed by atoms with Crippen LogP contribution in [0.5, 0.6) is 11.5 Å². The molecule has 0 saturated carbocycles. The number of rotatable bonds is 13. The lowest BCUT2D eigenvalue weighted by Crippen LogP contribution is -2.06. The summed E-state index contributed by atoms with van der Waals surface area (Å²) >= 11 is 0. The van der Waals surface area contributed by atoms with Gasteiger partial charge in [-0.1, -0.05) is 0 Å². The lowest BCUT2D eigenvalue weighted by molar-refractivity contribution is 0.0680. The number of ether oxygens (including phenoxy) is 2. The molecule has 0 heterocycles. The SMILES string of the molecule is O=Cc1ccc(OCCCCCCOc2ccc(C=O)cc2C(=O)O)c(C(=O)O)c1. The molecule has 8 heteroatoms. The molecule has 2 aromatic carbocycles. The van der Waals surface area contributed by atoms with E-state index in [1.807, 2.05) is 0 Å². The van der Waals surface area contributed by atoms with Gasteiger partial charge in [0.2, 0.25) is 0 Å². The standard InChI is InChI=1S/C22H22O8/c23-13-15-5-7-19(17(11-15)21(25)26)29-9-3-1-2-4-10-30-20-8-6-16(14-24)12-18(20)22(27)28/h5-8,11-14H,1-4,9-10H2,(H,25,26)(H,27,28). The molecule has 0 amide bonds. The molecule has 2 rings (SSSR count). The fraction of sp³-hybridized carbons (Fsp3) is 0.273. The first-order valence-corrected chi connectivity index (χ1v) is 9.37. The quantitative estimate of drug-likeness (QED) is 0.375. The second kappa shape index (κ2) is 11.4. The maximum atomic E-state index is 11.3. The van der Waals surface area contributed by atoms with Crippen molar-refractivity contribution in [1.82, 2.24) is 0 Å². The van der Waals surface area contributed by atoms with E-state index in [2.05, 4.69) is 0 Å². The zero-order chi connectivity index (χ0) is 21.9.